The lowest BCUT2D eigenvalue weighted by molar-refractivity contribution is -0.0485. The summed E-state index contributed by atoms with van der Waals surface area (Å²) in [5.41, 5.74) is 0. The summed E-state index contributed by atoms with van der Waals surface area (Å²) < 4.78 is 5.56. The number of ether oxygens (including phenoxy) is 1. The largest absolute Gasteiger partial charge is 0.376 e. The molecular formula is C10H22O. The van der Waals surface area contributed by atoms with Gasteiger partial charge in [0.05, 0.1) is 12.2 Å². The molecule has 68 valence electrons. The summed E-state index contributed by atoms with van der Waals surface area (Å²) in [6, 6.07) is 0. The van der Waals surface area contributed by atoms with Gasteiger partial charge in [-0.1, -0.05) is 20.8 Å². The van der Waals surface area contributed by atoms with Gasteiger partial charge < -0.3 is 4.74 Å². The summed E-state index contributed by atoms with van der Waals surface area (Å²) in [4.78, 5) is 0. The first kappa shape index (κ1) is 11.0. The summed E-state index contributed by atoms with van der Waals surface area (Å²) in [7, 11) is 0. The Hall–Kier alpha value is -0.0400. The molecule has 1 aliphatic rings. The fourth-order valence-electron chi connectivity index (χ4n) is 1.74. The van der Waals surface area contributed by atoms with E-state index in [1.54, 1.807) is 0 Å². The van der Waals surface area contributed by atoms with Crippen molar-refractivity contribution in [3.05, 3.63) is 0 Å². The van der Waals surface area contributed by atoms with Crippen LogP contribution in [0.2, 0.25) is 0 Å². The van der Waals surface area contributed by atoms with Gasteiger partial charge >= 0.3 is 0 Å². The molecule has 1 rings (SSSR count). The van der Waals surface area contributed by atoms with Crippen LogP contribution in [0.5, 0.6) is 0 Å². The van der Waals surface area contributed by atoms with E-state index in [4.69, 9.17) is 4.74 Å². The van der Waals surface area contributed by atoms with Crippen molar-refractivity contribution in [1.29, 1.82) is 0 Å². The van der Waals surface area contributed by atoms with Crippen molar-refractivity contribution in [3.8, 4) is 0 Å². The van der Waals surface area contributed by atoms with E-state index in [-0.39, 0.29) is 0 Å². The van der Waals surface area contributed by atoms with E-state index in [0.717, 1.165) is 5.92 Å². The number of hydrogen-bond acceptors (Lipinski definition) is 1. The maximum atomic E-state index is 5.56. The molecule has 11 heavy (non-hydrogen) atoms. The van der Waals surface area contributed by atoms with Gasteiger partial charge in [-0.3, -0.25) is 0 Å². The van der Waals surface area contributed by atoms with Gasteiger partial charge in [-0.15, -0.1) is 0 Å². The lowest BCUT2D eigenvalue weighted by Crippen LogP contribution is -2.27. The Balaban J connectivity index is 0.000000461. The smallest absolute Gasteiger partial charge is 0.0553 e. The third-order valence-electron chi connectivity index (χ3n) is 1.93. The van der Waals surface area contributed by atoms with Crippen LogP contribution in [0.4, 0.5) is 0 Å². The zero-order valence-electron chi connectivity index (χ0n) is 8.55. The predicted octanol–water partition coefficient (Wildman–Crippen LogP) is 3.24. The normalized spacial score (nSPS) is 37.4. The van der Waals surface area contributed by atoms with Crippen LogP contribution < -0.4 is 0 Å². The van der Waals surface area contributed by atoms with Crippen molar-refractivity contribution in [3.63, 3.8) is 0 Å². The highest BCUT2D eigenvalue weighted by Crippen LogP contribution is 2.23. The molecular weight excluding hydrogens is 136 g/mol. The Morgan fingerprint density at radius 2 is 1.27 bits per heavy atom. The zero-order valence-corrected chi connectivity index (χ0v) is 8.55. The van der Waals surface area contributed by atoms with Crippen LogP contribution in [0.15, 0.2) is 0 Å². The summed E-state index contributed by atoms with van der Waals surface area (Å²) in [6.45, 7) is 10.6. The number of hydrogen-bond donors (Lipinski definition) is 0. The van der Waals surface area contributed by atoms with Crippen molar-refractivity contribution in [2.45, 2.75) is 59.7 Å². The minimum absolute atomic E-state index is 0.490. The third kappa shape index (κ3) is 4.41. The van der Waals surface area contributed by atoms with Gasteiger partial charge in [0.2, 0.25) is 0 Å². The van der Waals surface area contributed by atoms with Gasteiger partial charge in [0, 0.05) is 0 Å². The minimum Gasteiger partial charge on any atom is -0.376 e. The average molecular weight is 158 g/mol. The van der Waals surface area contributed by atoms with Crippen LogP contribution >= 0.6 is 0 Å². The predicted molar refractivity (Wildman–Crippen MR) is 49.8 cm³/mol. The van der Waals surface area contributed by atoms with Crippen LogP contribution in [-0.4, -0.2) is 12.2 Å². The van der Waals surface area contributed by atoms with E-state index in [2.05, 4.69) is 20.8 Å². The molecule has 0 bridgehead atoms. The summed E-state index contributed by atoms with van der Waals surface area (Å²) >= 11 is 0. The molecule has 0 aromatic rings. The van der Waals surface area contributed by atoms with E-state index >= 15 is 0 Å². The van der Waals surface area contributed by atoms with Gasteiger partial charge in [-0.25, -0.2) is 0 Å². The number of rotatable bonds is 0. The topological polar surface area (TPSA) is 9.23 Å². The van der Waals surface area contributed by atoms with Gasteiger partial charge in [-0.2, -0.15) is 0 Å². The van der Waals surface area contributed by atoms with Gasteiger partial charge in [0.25, 0.3) is 0 Å². The fraction of sp³-hybridized carbons (Fsp3) is 1.00. The molecule has 3 atom stereocenters. The molecule has 0 aromatic carbocycles. The van der Waals surface area contributed by atoms with Crippen LogP contribution in [0.25, 0.3) is 0 Å². The molecule has 1 nitrogen and oxygen atoms in total. The summed E-state index contributed by atoms with van der Waals surface area (Å²) in [5.74, 6) is 0.865. The molecule has 0 N–H and O–H groups in total. The summed E-state index contributed by atoms with van der Waals surface area (Å²) in [6.07, 6.45) is 3.46. The molecule has 1 heterocycles. The molecule has 0 amide bonds. The van der Waals surface area contributed by atoms with Gasteiger partial charge in [0.1, 0.15) is 0 Å². The first-order valence-electron chi connectivity index (χ1n) is 4.84. The Morgan fingerprint density at radius 3 is 1.55 bits per heavy atom. The van der Waals surface area contributed by atoms with Crippen LogP contribution in [-0.2, 0) is 4.74 Å². The molecule has 0 saturated carbocycles. The highest BCUT2D eigenvalue weighted by atomic mass is 16.5. The zero-order chi connectivity index (χ0) is 8.85. The quantitative estimate of drug-likeness (QED) is 0.526. The van der Waals surface area contributed by atoms with Crippen LogP contribution in [0.3, 0.4) is 0 Å². The lowest BCUT2D eigenvalue weighted by Gasteiger charge is -2.29. The molecule has 1 fully saturated rings. The summed E-state index contributed by atoms with van der Waals surface area (Å²) in [5, 5.41) is 0. The monoisotopic (exact) mass is 158 g/mol. The lowest BCUT2D eigenvalue weighted by atomic mass is 9.95. The van der Waals surface area contributed by atoms with Crippen molar-refractivity contribution in [1.82, 2.24) is 0 Å². The molecule has 1 unspecified atom stereocenters. The Labute approximate surface area is 71.1 Å². The van der Waals surface area contributed by atoms with Crippen molar-refractivity contribution >= 4 is 0 Å². The second kappa shape index (κ2) is 5.59. The van der Waals surface area contributed by atoms with E-state index < -0.39 is 0 Å². The molecule has 1 aliphatic heterocycles. The molecule has 0 aromatic heterocycles. The first-order chi connectivity index (χ1) is 5.18. The molecule has 0 spiro atoms. The Bertz CT molecular complexity index is 65.9. The van der Waals surface area contributed by atoms with E-state index in [1.807, 2.05) is 13.8 Å². The molecule has 1 saturated heterocycles. The SMILES string of the molecule is CC.CC1C[C@@H](C)O[C@@H](C)C1. The average Bonchev–Trinajstić information content (AvgIpc) is 1.88. The van der Waals surface area contributed by atoms with Gasteiger partial charge in [-0.05, 0) is 32.6 Å². The maximum absolute atomic E-state index is 5.56. The maximum Gasteiger partial charge on any atom is 0.0553 e. The molecule has 0 radical (unpaired) electrons. The van der Waals surface area contributed by atoms with E-state index in [9.17, 15) is 0 Å². The minimum atomic E-state index is 0.490. The molecule has 0 aliphatic carbocycles. The van der Waals surface area contributed by atoms with E-state index in [0.29, 0.717) is 12.2 Å². The Morgan fingerprint density at radius 1 is 0.909 bits per heavy atom. The van der Waals surface area contributed by atoms with E-state index in [1.165, 1.54) is 12.8 Å². The van der Waals surface area contributed by atoms with Gasteiger partial charge in [0.15, 0.2) is 0 Å². The van der Waals surface area contributed by atoms with Crippen LogP contribution in [0.1, 0.15) is 47.5 Å². The second-order valence-electron chi connectivity index (χ2n) is 3.33. The van der Waals surface area contributed by atoms with Crippen molar-refractivity contribution in [2.75, 3.05) is 0 Å². The van der Waals surface area contributed by atoms with Crippen LogP contribution in [0, 0.1) is 5.92 Å². The highest BCUT2D eigenvalue weighted by Gasteiger charge is 2.20. The highest BCUT2D eigenvalue weighted by molar-refractivity contribution is 4.69. The fourth-order valence-corrected chi connectivity index (χ4v) is 1.74. The Kier molecular flexibility index (Phi) is 5.57. The van der Waals surface area contributed by atoms with Crippen molar-refractivity contribution in [2.24, 2.45) is 5.92 Å². The first-order valence-corrected chi connectivity index (χ1v) is 4.84. The standard InChI is InChI=1S/C8H16O.C2H6/c1-6-4-7(2)9-8(3)5-6;1-2/h6-8H,4-5H2,1-3H3;1-2H3/t6?,7-,8+;. The third-order valence-corrected chi connectivity index (χ3v) is 1.93. The molecule has 1 heteroatoms. The van der Waals surface area contributed by atoms with Crippen molar-refractivity contribution < 1.29 is 4.74 Å². The second-order valence-corrected chi connectivity index (χ2v) is 3.33.